The number of carbonyl (C=O) groups excluding carboxylic acids is 7. The van der Waals surface area contributed by atoms with Crippen molar-refractivity contribution >= 4 is 157 Å². The van der Waals surface area contributed by atoms with Gasteiger partial charge in [0, 0.05) is 155 Å². The van der Waals surface area contributed by atoms with Crippen molar-refractivity contribution < 1.29 is 69.4 Å². The molecule has 0 spiro atoms. The summed E-state index contributed by atoms with van der Waals surface area (Å²) in [6, 6.07) is 38.7. The molecule has 126 heavy (non-hydrogen) atoms. The first-order valence-corrected chi connectivity index (χ1v) is 41.3. The van der Waals surface area contributed by atoms with Crippen molar-refractivity contribution in [3.05, 3.63) is 259 Å². The molecular formula is C88H87Cl8F6N15O9. The Balaban J connectivity index is 0.000000193. The van der Waals surface area contributed by atoms with E-state index in [9.17, 15) is 59.9 Å². The van der Waals surface area contributed by atoms with E-state index in [2.05, 4.69) is 51.2 Å². The Kier molecular flexibility index (Phi) is 32.8. The van der Waals surface area contributed by atoms with E-state index in [0.717, 1.165) is 49.4 Å². The Morgan fingerprint density at radius 2 is 0.810 bits per heavy atom. The number of halogens is 14. The number of nitrogens with zero attached hydrogens (tertiary/aromatic N) is 10. The van der Waals surface area contributed by atoms with Crippen LogP contribution in [0.5, 0.6) is 0 Å². The molecule has 2 aliphatic rings. The molecule has 666 valence electrons. The number of methoxy groups -OCH3 is 2. The first-order chi connectivity index (χ1) is 58.9. The van der Waals surface area contributed by atoms with E-state index >= 15 is 0 Å². The van der Waals surface area contributed by atoms with Gasteiger partial charge in [-0.15, -0.1) is 0 Å². The quantitative estimate of drug-likeness (QED) is 0.0350. The molecule has 2 fully saturated rings. The fourth-order valence-corrected chi connectivity index (χ4v) is 16.1. The zero-order chi connectivity index (χ0) is 92.9. The van der Waals surface area contributed by atoms with Crippen LogP contribution in [0.3, 0.4) is 0 Å². The van der Waals surface area contributed by atoms with Crippen molar-refractivity contribution in [3.8, 4) is 33.4 Å². The van der Waals surface area contributed by atoms with Gasteiger partial charge in [-0.1, -0.05) is 207 Å². The van der Waals surface area contributed by atoms with Crippen LogP contribution in [-0.2, 0) is 57.5 Å². The highest BCUT2D eigenvalue weighted by atomic mass is 35.5. The Labute approximate surface area is 763 Å². The lowest BCUT2D eigenvalue weighted by Gasteiger charge is -2.42. The van der Waals surface area contributed by atoms with Gasteiger partial charge in [0.15, 0.2) is 6.29 Å². The topological polar surface area (TPSA) is 302 Å². The van der Waals surface area contributed by atoms with Crippen molar-refractivity contribution in [2.45, 2.75) is 142 Å². The van der Waals surface area contributed by atoms with Gasteiger partial charge in [-0.2, -0.15) is 26.3 Å². The molecule has 0 unspecified atom stereocenters. The zero-order valence-electron chi connectivity index (χ0n) is 69.7. The van der Waals surface area contributed by atoms with Gasteiger partial charge in [-0.05, 0) is 140 Å². The highest BCUT2D eigenvalue weighted by Crippen LogP contribution is 2.48. The molecule has 7 aromatic carbocycles. The van der Waals surface area contributed by atoms with E-state index in [1.54, 1.807) is 153 Å². The summed E-state index contributed by atoms with van der Waals surface area (Å²) < 4.78 is 91.3. The second-order valence-electron chi connectivity index (χ2n) is 32.2. The summed E-state index contributed by atoms with van der Waals surface area (Å²) in [5.74, 6) is -6.22. The van der Waals surface area contributed by atoms with Gasteiger partial charge in [0.1, 0.15) is 48.4 Å². The summed E-state index contributed by atoms with van der Waals surface area (Å²) in [6.07, 6.45) is 1.65. The molecule has 0 aliphatic carbocycles. The van der Waals surface area contributed by atoms with Gasteiger partial charge in [-0.3, -0.25) is 43.5 Å². The molecule has 38 heteroatoms. The normalized spacial score (nSPS) is 16.8. The number of carbonyl (C=O) groups is 7. The smallest absolute Gasteiger partial charge is 0.354 e. The summed E-state index contributed by atoms with van der Waals surface area (Å²) in [5.41, 5.74) is 9.10. The second kappa shape index (κ2) is 41.6. The van der Waals surface area contributed by atoms with E-state index < -0.39 is 100 Å². The minimum Gasteiger partial charge on any atom is -0.354 e. The molecule has 6 N–H and O–H groups in total. The molecule has 0 bridgehead atoms. The van der Waals surface area contributed by atoms with Crippen LogP contribution < -0.4 is 36.8 Å². The van der Waals surface area contributed by atoms with Gasteiger partial charge in [0.05, 0.1) is 12.1 Å². The molecule has 24 nitrogen and oxygen atoms in total. The van der Waals surface area contributed by atoms with Crippen LogP contribution in [0.1, 0.15) is 85.9 Å². The Hall–Kier alpha value is -10.4. The first-order valence-electron chi connectivity index (χ1n) is 38.3. The Morgan fingerprint density at radius 1 is 0.468 bits per heavy atom. The van der Waals surface area contributed by atoms with E-state index in [4.69, 9.17) is 108 Å². The number of anilines is 4. The lowest BCUT2D eigenvalue weighted by atomic mass is 9.87. The molecule has 3 aromatic heterocycles. The highest BCUT2D eigenvalue weighted by Gasteiger charge is 2.64. The number of ether oxygens (including phenoxy) is 2. The predicted molar refractivity (Wildman–Crippen MR) is 477 cm³/mol. The molecule has 2 aliphatic heterocycles. The summed E-state index contributed by atoms with van der Waals surface area (Å²) in [4.78, 5) is 118. The lowest BCUT2D eigenvalue weighted by Crippen LogP contribution is -2.59. The molecule has 8 amide bonds. The number of alkyl halides is 6. The van der Waals surface area contributed by atoms with Crippen LogP contribution in [0.2, 0.25) is 40.2 Å². The van der Waals surface area contributed by atoms with E-state index in [-0.39, 0.29) is 56.8 Å². The first kappa shape index (κ1) is 99.4. The zero-order valence-corrected chi connectivity index (χ0v) is 75.8. The third-order valence-corrected chi connectivity index (χ3v) is 21.5. The molecule has 12 rings (SSSR count). The van der Waals surface area contributed by atoms with Crippen LogP contribution in [0.25, 0.3) is 33.4 Å². The summed E-state index contributed by atoms with van der Waals surface area (Å²) in [6.45, 7) is 16.0. The molecule has 6 atom stereocenters. The highest BCUT2D eigenvalue weighted by molar-refractivity contribution is 6.37. The predicted octanol–water partition coefficient (Wildman–Crippen LogP) is 19.7. The number of urea groups is 1. The third kappa shape index (κ3) is 25.8. The van der Waals surface area contributed by atoms with Gasteiger partial charge in [0.2, 0.25) is 11.8 Å². The maximum Gasteiger partial charge on any atom is 0.471 e. The lowest BCUT2D eigenvalue weighted by molar-refractivity contribution is -0.194. The molecular weight excluding hydrogens is 1810 g/mol. The maximum atomic E-state index is 14.1. The minimum atomic E-state index is -5.20. The van der Waals surface area contributed by atoms with Crippen molar-refractivity contribution in [2.75, 3.05) is 41.2 Å². The molecule has 10 aromatic rings. The SMILES string of the molecule is CC(C)(C)[C@@H]1N(c2cc(Cl)cc(Cl)c2)C(=O)[C@@](C)(Cc2ccc(-c3cncnc3)cc2)N1C(=O)C(F)(F)F.COC(CNC(=O)N[C@](C)(Cc1ccc(-c2cncnc2)cc1)C(=O)Nc1cc(Cl)cc(Cl)c1)OC.C[C@@H]1C(=O)N(c2cc(Cl)cc(Cl)c2)[C@@H](C(C)(C)C)N1C(=O)C(F)(F)F.C[C@@](N)(Cc1ccc(-c2cncnc2)cc1)C(=O)Nc1cc(Cl)cc(Cl)c1. The number of nitrogens with one attached hydrogen (secondary N) is 4. The van der Waals surface area contributed by atoms with Gasteiger partial charge in [0.25, 0.3) is 11.8 Å². The number of nitrogens with two attached hydrogens (primary N) is 1. The second-order valence-corrected chi connectivity index (χ2v) is 35.7. The number of amides is 8. The molecule has 0 radical (unpaired) electrons. The number of hydrogen-bond acceptors (Lipinski definition) is 16. The Morgan fingerprint density at radius 3 is 1.17 bits per heavy atom. The maximum absolute atomic E-state index is 14.1. The molecule has 0 saturated carbocycles. The largest absolute Gasteiger partial charge is 0.471 e. The third-order valence-electron chi connectivity index (χ3n) is 19.8. The van der Waals surface area contributed by atoms with Crippen molar-refractivity contribution in [1.29, 1.82) is 0 Å². The van der Waals surface area contributed by atoms with Crippen molar-refractivity contribution in [2.24, 2.45) is 16.6 Å². The van der Waals surface area contributed by atoms with Gasteiger partial charge >= 0.3 is 30.2 Å². The number of aromatic nitrogens is 6. The molecule has 2 saturated heterocycles. The average molecular weight is 1900 g/mol. The van der Waals surface area contributed by atoms with Crippen molar-refractivity contribution in [3.63, 3.8) is 0 Å². The van der Waals surface area contributed by atoms with Crippen LogP contribution in [0, 0.1) is 10.8 Å². The van der Waals surface area contributed by atoms with Crippen LogP contribution in [0.4, 0.5) is 53.9 Å². The van der Waals surface area contributed by atoms with Crippen LogP contribution in [-0.4, -0.2) is 156 Å². The standard InChI is InChI=1S/C27H25Cl2F3N4O2.C25H27Cl2N5O4.C20H18Cl2N4O.C16H17Cl2F3N2O2/c1-25(2,3)22-35(21-10-19(28)9-20(29)11-21)23(37)26(4,36(22)24(38)27(30,31)32)12-16-5-7-17(8-6-16)18-13-33-15-34-14-18;1-25(32-24(34)30-14-22(35-2)36-3,23(33)31-21-9-19(26)8-20(27)10-21)11-16-4-6-17(7-5-16)18-12-28-15-29-13-18;1-20(23,19(27)26-18-7-16(21)6-17(22)8-18)9-13-2-4-14(5-3-13)15-10-24-12-25-11-15;1-8-12(24)23(11-6-9(17)5-10(18)7-11)13(15(2,3)4)22(8)14(25)16(19,20)21/h5-11,13-15,22H,12H2,1-4H3;4-10,12-13,15,22H,11,14H2,1-3H3,(H,31,33)(H2,30,32,34);2-8,10-12H,9,23H2,1H3,(H,26,27);5-8,13H,1-4H3/t22-,26-;25-;20-;8-,13+/m1111/s1. The average Bonchev–Trinajstić information content (AvgIpc) is 1.55. The van der Waals surface area contributed by atoms with E-state index in [1.165, 1.54) is 88.3 Å². The number of hydrogen-bond donors (Lipinski definition) is 5. The Bertz CT molecular complexity index is 5460. The monoisotopic (exact) mass is 1890 g/mol. The summed E-state index contributed by atoms with van der Waals surface area (Å²) >= 11 is 48.4. The van der Waals surface area contributed by atoms with Gasteiger partial charge < -0.3 is 41.4 Å². The van der Waals surface area contributed by atoms with E-state index in [0.29, 0.717) is 53.2 Å². The fraction of sp³-hybridized carbons (Fsp3) is 0.307. The minimum absolute atomic E-state index is 0.0915. The number of benzene rings is 7. The summed E-state index contributed by atoms with van der Waals surface area (Å²) in [5, 5.41) is 13.5. The summed E-state index contributed by atoms with van der Waals surface area (Å²) in [7, 11) is 2.93. The molecule has 5 heterocycles. The van der Waals surface area contributed by atoms with E-state index in [1.807, 2.05) is 48.5 Å². The number of rotatable bonds is 20. The van der Waals surface area contributed by atoms with Crippen molar-refractivity contribution in [1.82, 2.24) is 50.3 Å². The van der Waals surface area contributed by atoms with Gasteiger partial charge in [-0.25, -0.2) is 34.7 Å². The van der Waals surface area contributed by atoms with Crippen LogP contribution >= 0.6 is 92.8 Å². The van der Waals surface area contributed by atoms with Crippen LogP contribution in [0.15, 0.2) is 202 Å². The fourth-order valence-electron chi connectivity index (χ4n) is 14.0.